The Balaban J connectivity index is 0.000000203. The van der Waals surface area contributed by atoms with E-state index in [1.165, 1.54) is 25.0 Å². The fraction of sp³-hybridized carbons (Fsp3) is 0.522. The second-order valence-electron chi connectivity index (χ2n) is 34.6. The minimum absolute atomic E-state index is 0.00689. The number of carboxylic acid groups (broad SMARTS) is 1. The number of hydrogen-bond donors (Lipinski definition) is 6. The zero-order chi connectivity index (χ0) is 86.8. The molecule has 0 radical (unpaired) electrons. The number of H-pyrrole nitrogens is 3. The van der Waals surface area contributed by atoms with Gasteiger partial charge in [0.15, 0.2) is 0 Å². The van der Waals surface area contributed by atoms with Crippen LogP contribution in [0.5, 0.6) is 0 Å². The van der Waals surface area contributed by atoms with Gasteiger partial charge in [-0.3, -0.25) is 19.4 Å². The molecule has 4 aliphatic rings. The number of aromatic amines is 3. The van der Waals surface area contributed by atoms with Crippen molar-refractivity contribution in [3.63, 3.8) is 0 Å². The molecular weight excluding hydrogens is 1590 g/mol. The van der Waals surface area contributed by atoms with E-state index in [0.717, 1.165) is 156 Å². The minimum Gasteiger partial charge on any atom is -0.480 e. The molecule has 119 heavy (non-hydrogen) atoms. The monoisotopic (exact) mass is 1710 g/mol. The summed E-state index contributed by atoms with van der Waals surface area (Å²) in [5.41, 5.74) is 5.06. The Hall–Kier alpha value is -10.5. The highest BCUT2D eigenvalue weighted by Gasteiger charge is 2.41. The Morgan fingerprint density at radius 2 is 1.06 bits per heavy atom. The second kappa shape index (κ2) is 41.5. The molecule has 8 aromatic rings. The van der Waals surface area contributed by atoms with Crippen molar-refractivity contribution in [2.24, 2.45) is 23.7 Å². The third-order valence-electron chi connectivity index (χ3n) is 21.9. The third kappa shape index (κ3) is 25.3. The summed E-state index contributed by atoms with van der Waals surface area (Å²) in [6.07, 6.45) is 19.8. The van der Waals surface area contributed by atoms with Gasteiger partial charge in [-0.15, -0.1) is 6.42 Å². The molecule has 0 bridgehead atoms. The van der Waals surface area contributed by atoms with Gasteiger partial charge in [-0.1, -0.05) is 139 Å². The number of ether oxygens (including phenoxy) is 5. The van der Waals surface area contributed by atoms with Crippen molar-refractivity contribution < 1.29 is 62.4 Å². The molecule has 6 amide bonds. The van der Waals surface area contributed by atoms with Crippen LogP contribution in [-0.4, -0.2) is 185 Å². The zero-order valence-corrected chi connectivity index (χ0v) is 74.9. The van der Waals surface area contributed by atoms with Gasteiger partial charge in [-0.25, -0.2) is 43.9 Å². The third-order valence-corrected chi connectivity index (χ3v) is 24.1. The molecule has 0 unspecified atom stereocenters. The Bertz CT molecular complexity index is 4940. The van der Waals surface area contributed by atoms with Gasteiger partial charge >= 0.3 is 30.3 Å². The van der Waals surface area contributed by atoms with Gasteiger partial charge in [0, 0.05) is 74.1 Å². The number of alkyl carbamates (subject to hydrolysis) is 2. The predicted molar refractivity (Wildman–Crippen MR) is 466 cm³/mol. The molecule has 27 nitrogen and oxygen atoms in total. The van der Waals surface area contributed by atoms with Crippen LogP contribution in [0, 0.1) is 47.9 Å². The number of carboxylic acids is 1. The van der Waals surface area contributed by atoms with Crippen molar-refractivity contribution in [3.8, 4) is 46.7 Å². The largest absolute Gasteiger partial charge is 0.480 e. The van der Waals surface area contributed by atoms with Crippen molar-refractivity contribution in [1.82, 2.24) is 69.7 Å². The van der Waals surface area contributed by atoms with Crippen molar-refractivity contribution in [2.75, 3.05) is 47.0 Å². The van der Waals surface area contributed by atoms with E-state index in [9.17, 15) is 33.6 Å². The van der Waals surface area contributed by atoms with E-state index < -0.39 is 49.5 Å². The zero-order valence-electron chi connectivity index (χ0n) is 72.4. The Morgan fingerprint density at radius 1 is 0.597 bits per heavy atom. The Kier molecular flexibility index (Phi) is 32.2. The Labute approximate surface area is 709 Å². The molecule has 0 saturated carbocycles. The first kappa shape index (κ1) is 92.4. The van der Waals surface area contributed by atoms with E-state index in [0.29, 0.717) is 38.0 Å². The van der Waals surface area contributed by atoms with Crippen LogP contribution in [0.25, 0.3) is 44.1 Å². The molecule has 0 spiro atoms. The average Bonchev–Trinajstić information content (AvgIpc) is 1.36. The summed E-state index contributed by atoms with van der Waals surface area (Å²) in [5.74, 6) is 11.4. The number of nitrogens with one attached hydrogen (secondary N) is 5. The number of aliphatic carboxylic acids is 1. The number of amides is 6. The summed E-state index contributed by atoms with van der Waals surface area (Å²) in [4.78, 5) is 121. The van der Waals surface area contributed by atoms with E-state index in [1.807, 2.05) is 107 Å². The number of carbonyl (C=O) groups excluding carboxylic acids is 6. The minimum atomic E-state index is -1.14. The molecule has 640 valence electrons. The maximum Gasteiger partial charge on any atom is 0.410 e. The van der Waals surface area contributed by atoms with Gasteiger partial charge in [0.2, 0.25) is 11.8 Å². The molecule has 4 aromatic heterocycles. The first-order valence-electron chi connectivity index (χ1n) is 41.4. The lowest BCUT2D eigenvalue weighted by Crippen LogP contribution is -2.51. The maximum absolute atomic E-state index is 13.7. The molecule has 9 atom stereocenters. The lowest BCUT2D eigenvalue weighted by molar-refractivity contribution is -0.140. The van der Waals surface area contributed by atoms with Crippen LogP contribution >= 0.6 is 15.9 Å². The van der Waals surface area contributed by atoms with Gasteiger partial charge in [0.25, 0.3) is 0 Å². The van der Waals surface area contributed by atoms with Crippen molar-refractivity contribution in [3.05, 3.63) is 142 Å². The maximum atomic E-state index is 13.7. The normalized spacial score (nSPS) is 17.9. The molecule has 4 saturated heterocycles. The van der Waals surface area contributed by atoms with Crippen molar-refractivity contribution >= 4 is 87.7 Å². The molecule has 8 heterocycles. The standard InChI is InChI=1S/C41H51N7O4.C22H24BrN3O2.C20H33N3O3Si.C7H13NO4/c1-7-25(3)27(5)39(49)47-19-9-11-34(47)37-42-23-32(44-37)18-14-28-13-15-30-22-31(17-16-29(30)21-28)33-24-43-38(45-33)35-12-10-20-48(35)40(50)36(26(4)8-2)46-41(51)52-6;1-22(2,3)28-21(27)26-10-4-5-19(26)20-24-13-18(25-20)16-7-6-15-12-17(23)9-8-14(15)11-16;1-8-16-14-22(15-25-12-13-27(5,6)7)18(21-16)17-10-9-11-23(17)19(24)26-20(2,3)4;1-4(2)5(6(9)10)8-7(11)12-3/h13,15-17,21-27,34-36H,7-12,19-20H2,1-6H3,(H,42,44)(H,43,45)(H,46,51);6-9,11-13,19H,4-5,10H2,1-3H3,(H,24,25);1,14,17H,9-13,15H2,2-7H3;4-5H,1-3H3,(H,8,11)(H,9,10)/t25-,26-,27-,34-,35-,36-;19-;17-;5-/m0000/s1. The molecular formula is C90H121BrN14O13Si. The summed E-state index contributed by atoms with van der Waals surface area (Å²) in [5, 5.41) is 18.1. The molecule has 4 aromatic carbocycles. The number of halogens is 1. The van der Waals surface area contributed by atoms with Crippen LogP contribution in [0.1, 0.15) is 219 Å². The fourth-order valence-corrected chi connectivity index (χ4v) is 15.8. The van der Waals surface area contributed by atoms with Crippen molar-refractivity contribution in [2.45, 2.75) is 234 Å². The topological polar surface area (TPSA) is 327 Å². The number of likely N-dealkylation sites (tertiary alicyclic amines) is 4. The lowest BCUT2D eigenvalue weighted by Gasteiger charge is -2.30. The molecule has 4 aliphatic heterocycles. The number of aromatic nitrogens is 8. The van der Waals surface area contributed by atoms with Gasteiger partial charge in [0.05, 0.1) is 68.4 Å². The van der Waals surface area contributed by atoms with Crippen LogP contribution in [0.15, 0.2) is 102 Å². The first-order valence-corrected chi connectivity index (χ1v) is 45.9. The van der Waals surface area contributed by atoms with Crippen LogP contribution < -0.4 is 10.6 Å². The summed E-state index contributed by atoms with van der Waals surface area (Å²) in [7, 11) is 1.36. The second-order valence-corrected chi connectivity index (χ2v) is 41.2. The number of imidazole rings is 4. The number of rotatable bonds is 21. The highest BCUT2D eigenvalue weighted by Crippen LogP contribution is 2.39. The number of carbonyl (C=O) groups is 7. The van der Waals surface area contributed by atoms with E-state index in [-0.39, 0.29) is 65.9 Å². The summed E-state index contributed by atoms with van der Waals surface area (Å²) < 4.78 is 29.1. The smallest absolute Gasteiger partial charge is 0.410 e. The summed E-state index contributed by atoms with van der Waals surface area (Å²) in [6, 6.07) is 24.1. The number of terminal acetylenes is 1. The lowest BCUT2D eigenvalue weighted by atomic mass is 9.92. The van der Waals surface area contributed by atoms with Gasteiger partial charge in [-0.05, 0) is 186 Å². The average molecular weight is 1720 g/mol. The van der Waals surface area contributed by atoms with E-state index in [1.54, 1.807) is 29.8 Å². The quantitative estimate of drug-likeness (QED) is 0.0168. The number of nitrogens with zero attached hydrogens (tertiary/aromatic N) is 9. The van der Waals surface area contributed by atoms with E-state index in [2.05, 4.69) is 173 Å². The van der Waals surface area contributed by atoms with Crippen LogP contribution in [0.4, 0.5) is 19.2 Å². The number of fused-ring (bicyclic) bond motifs is 2. The number of hydrogen-bond acceptors (Lipinski definition) is 16. The number of benzene rings is 4. The van der Waals surface area contributed by atoms with Gasteiger partial charge in [-0.2, -0.15) is 0 Å². The highest BCUT2D eigenvalue weighted by molar-refractivity contribution is 9.10. The molecule has 29 heteroatoms. The molecule has 0 aliphatic carbocycles. The Morgan fingerprint density at radius 3 is 1.56 bits per heavy atom. The van der Waals surface area contributed by atoms with E-state index >= 15 is 0 Å². The van der Waals surface area contributed by atoms with E-state index in [4.69, 9.17) is 35.5 Å². The highest BCUT2D eigenvalue weighted by atomic mass is 79.9. The van der Waals surface area contributed by atoms with Crippen molar-refractivity contribution in [1.29, 1.82) is 0 Å². The summed E-state index contributed by atoms with van der Waals surface area (Å²) >= 11 is 3.51. The molecule has 12 rings (SSSR count). The van der Waals surface area contributed by atoms with Gasteiger partial charge in [0.1, 0.15) is 64.7 Å². The predicted octanol–water partition coefficient (Wildman–Crippen LogP) is 17.9. The summed E-state index contributed by atoms with van der Waals surface area (Å²) in [6.45, 7) is 35.8. The van der Waals surface area contributed by atoms with Crippen LogP contribution in [-0.2, 0) is 44.8 Å². The number of methoxy groups -OCH3 is 2. The van der Waals surface area contributed by atoms with Crippen LogP contribution in [0.3, 0.4) is 0 Å². The van der Waals surface area contributed by atoms with Gasteiger partial charge < -0.3 is 68.7 Å². The SMILES string of the molecule is C#Cc1cn(COCC[Si](C)(C)C)c([C@@H]2CCCN2C(=O)OC(C)(C)C)n1.CC(C)(C)OC(=O)N1CCC[C@H]1c1ncc(-c2ccc3cc(Br)ccc3c2)[nH]1.CC[C@H](C)[C@H](C)C(=O)N1CCC[C@H]1c1ncc(C#Cc2ccc3cc(-c4cnc([C@@H]5CCCN5C(=O)[C@@H](NC(=O)OC)[C@@H](C)CC)[nH]4)ccc3c2)[nH]1.COC(=O)N[C@H](C(=O)O)C(C)C. The fourth-order valence-electron chi connectivity index (χ4n) is 14.7. The first-order chi connectivity index (χ1) is 56.4. The van der Waals surface area contributed by atoms with Crippen LogP contribution in [0.2, 0.25) is 25.7 Å². The molecule has 4 fully saturated rings. The molecule has 6 N–H and O–H groups in total.